The molecule has 0 atom stereocenters. The third kappa shape index (κ3) is 7.82. The van der Waals surface area contributed by atoms with E-state index >= 15 is 0 Å². The Bertz CT molecular complexity index is 1170. The highest BCUT2D eigenvalue weighted by atomic mass is 32.2. The number of nitrogens with one attached hydrogen (secondary N) is 1. The maximum absolute atomic E-state index is 12.4. The lowest BCUT2D eigenvalue weighted by Gasteiger charge is -2.28. The highest BCUT2D eigenvalue weighted by molar-refractivity contribution is 8.00. The third-order valence-electron chi connectivity index (χ3n) is 5.23. The first-order valence-corrected chi connectivity index (χ1v) is 11.6. The van der Waals surface area contributed by atoms with E-state index in [-0.39, 0.29) is 16.5 Å². The van der Waals surface area contributed by atoms with Gasteiger partial charge in [-0.1, -0.05) is 18.2 Å². The van der Waals surface area contributed by atoms with Crippen LogP contribution in [0.5, 0.6) is 0 Å². The molecule has 3 aromatic rings. The Hall–Kier alpha value is -3.37. The number of nitrogens with zero attached hydrogens (tertiary/aromatic N) is 4. The molecular formula is C24H26F3N5O3S. The summed E-state index contributed by atoms with van der Waals surface area (Å²) in [6.45, 7) is 3.23. The van der Waals surface area contributed by atoms with Gasteiger partial charge in [0.2, 0.25) is 0 Å². The molecule has 1 fully saturated rings. The molecule has 2 aromatic carbocycles. The highest BCUT2D eigenvalue weighted by Gasteiger charge is 2.27. The van der Waals surface area contributed by atoms with Crippen LogP contribution in [0.1, 0.15) is 17.0 Å². The summed E-state index contributed by atoms with van der Waals surface area (Å²) in [4.78, 5) is 11.3. The summed E-state index contributed by atoms with van der Waals surface area (Å²) >= 11 is 0.497. The minimum atomic E-state index is -4.29. The molecule has 0 amide bonds. The van der Waals surface area contributed by atoms with E-state index < -0.39 is 11.9 Å². The molecule has 192 valence electrons. The Balaban J connectivity index is 0.00000228. The first-order valence-electron chi connectivity index (χ1n) is 10.6. The second-order valence-corrected chi connectivity index (χ2v) is 8.46. The molecule has 0 spiro atoms. The average Bonchev–Trinajstić information content (AvgIpc) is 2.84. The molecule has 1 aliphatic heterocycles. The van der Waals surface area contributed by atoms with Crippen LogP contribution in [0.25, 0.3) is 11.3 Å². The van der Waals surface area contributed by atoms with Crippen molar-refractivity contribution in [3.63, 3.8) is 0 Å². The van der Waals surface area contributed by atoms with Crippen LogP contribution in [0.4, 0.5) is 24.5 Å². The van der Waals surface area contributed by atoms with E-state index in [9.17, 15) is 18.4 Å². The van der Waals surface area contributed by atoms with Gasteiger partial charge in [-0.2, -0.15) is 18.4 Å². The number of nitriles is 1. The number of morpholine rings is 1. The van der Waals surface area contributed by atoms with Gasteiger partial charge >= 0.3 is 6.18 Å². The average molecular weight is 522 g/mol. The van der Waals surface area contributed by atoms with Gasteiger partial charge in [-0.3, -0.25) is 0 Å². The molecule has 1 aromatic heterocycles. The van der Waals surface area contributed by atoms with Crippen LogP contribution in [0.3, 0.4) is 0 Å². The summed E-state index contributed by atoms with van der Waals surface area (Å²) in [6.07, 6.45) is -2.07. The molecule has 1 saturated heterocycles. The summed E-state index contributed by atoms with van der Waals surface area (Å²) in [5, 5.41) is 9.45. The van der Waals surface area contributed by atoms with E-state index in [0.717, 1.165) is 37.6 Å². The predicted octanol–water partition coefficient (Wildman–Crippen LogP) is 3.42. The van der Waals surface area contributed by atoms with Gasteiger partial charge in [-0.25, -0.2) is 9.97 Å². The topological polar surface area (TPSA) is 137 Å². The minimum absolute atomic E-state index is 0. The van der Waals surface area contributed by atoms with Gasteiger partial charge in [0.05, 0.1) is 30.2 Å². The third-order valence-corrected chi connectivity index (χ3v) is 6.07. The van der Waals surface area contributed by atoms with Crippen molar-refractivity contribution in [1.29, 1.82) is 5.26 Å². The van der Waals surface area contributed by atoms with Crippen molar-refractivity contribution < 1.29 is 28.9 Å². The zero-order valence-corrected chi connectivity index (χ0v) is 20.0. The highest BCUT2D eigenvalue weighted by Crippen LogP contribution is 2.28. The van der Waals surface area contributed by atoms with Gasteiger partial charge in [0, 0.05) is 37.0 Å². The van der Waals surface area contributed by atoms with Crippen molar-refractivity contribution >= 4 is 23.3 Å². The van der Waals surface area contributed by atoms with Crippen LogP contribution in [-0.2, 0) is 11.2 Å². The van der Waals surface area contributed by atoms with Crippen LogP contribution in [0.15, 0.2) is 54.7 Å². The van der Waals surface area contributed by atoms with E-state index in [0.29, 0.717) is 41.1 Å². The van der Waals surface area contributed by atoms with Gasteiger partial charge in [-0.15, -0.1) is 0 Å². The Morgan fingerprint density at radius 2 is 1.78 bits per heavy atom. The fourth-order valence-electron chi connectivity index (χ4n) is 3.55. The van der Waals surface area contributed by atoms with Crippen LogP contribution < -0.4 is 9.62 Å². The number of halogens is 3. The first-order chi connectivity index (χ1) is 16.4. The van der Waals surface area contributed by atoms with Gasteiger partial charge in [0.25, 0.3) is 0 Å². The largest absolute Gasteiger partial charge is 0.412 e. The smallest absolute Gasteiger partial charge is 0.399 e. The maximum atomic E-state index is 12.4. The zero-order chi connectivity index (χ0) is 24.0. The van der Waals surface area contributed by atoms with E-state index in [1.807, 2.05) is 6.07 Å². The Morgan fingerprint density at radius 1 is 1.06 bits per heavy atom. The number of hydrogen-bond donors (Lipinski definition) is 1. The molecule has 0 aliphatic carbocycles. The van der Waals surface area contributed by atoms with Crippen LogP contribution in [0.2, 0.25) is 0 Å². The number of aromatic nitrogens is 2. The summed E-state index contributed by atoms with van der Waals surface area (Å²) < 4.78 is 45.1. The second kappa shape index (κ2) is 13.1. The summed E-state index contributed by atoms with van der Waals surface area (Å²) in [7, 11) is 0. The van der Waals surface area contributed by atoms with E-state index in [1.54, 1.807) is 30.5 Å². The molecule has 0 bridgehead atoms. The lowest BCUT2D eigenvalue weighted by atomic mass is 10.1. The fraction of sp³-hybridized carbons (Fsp3) is 0.292. The number of alkyl halides is 3. The van der Waals surface area contributed by atoms with Crippen molar-refractivity contribution in [3.8, 4) is 17.3 Å². The van der Waals surface area contributed by atoms with Crippen molar-refractivity contribution in [2.45, 2.75) is 12.6 Å². The van der Waals surface area contributed by atoms with Crippen LogP contribution >= 0.6 is 11.9 Å². The Kier molecular flexibility index (Phi) is 10.5. The zero-order valence-electron chi connectivity index (χ0n) is 19.2. The molecule has 0 radical (unpaired) electrons. The van der Waals surface area contributed by atoms with Crippen molar-refractivity contribution in [3.05, 3.63) is 71.7 Å². The van der Waals surface area contributed by atoms with Crippen LogP contribution in [0, 0.1) is 11.3 Å². The number of benzene rings is 2. The maximum Gasteiger partial charge on any atom is 0.399 e. The molecule has 0 saturated carbocycles. The summed E-state index contributed by atoms with van der Waals surface area (Å²) in [5.74, 6) is -0.416. The molecule has 36 heavy (non-hydrogen) atoms. The second-order valence-electron chi connectivity index (χ2n) is 7.68. The van der Waals surface area contributed by atoms with Crippen LogP contribution in [-0.4, -0.2) is 59.2 Å². The molecule has 1 aliphatic rings. The number of ether oxygens (including phenoxy) is 1. The first kappa shape index (κ1) is 28.9. The van der Waals surface area contributed by atoms with Gasteiger partial charge in [0.15, 0.2) is 0 Å². The molecule has 2 heterocycles. The van der Waals surface area contributed by atoms with E-state index in [4.69, 9.17) is 4.74 Å². The lowest BCUT2D eigenvalue weighted by Crippen LogP contribution is -2.36. The Morgan fingerprint density at radius 3 is 2.44 bits per heavy atom. The van der Waals surface area contributed by atoms with E-state index in [1.165, 1.54) is 0 Å². The molecule has 8 nitrogen and oxygen atoms in total. The number of rotatable bonds is 7. The monoisotopic (exact) mass is 521 g/mol. The SMILES string of the molecule is N#Cc1cc(-c2ccnc(Cc3ccc(N4CCOCC4)cc3)n2)ccc1NSCC(F)(F)F.O.O. The van der Waals surface area contributed by atoms with Gasteiger partial charge in [0.1, 0.15) is 17.6 Å². The minimum Gasteiger partial charge on any atom is -0.412 e. The quantitative estimate of drug-likeness (QED) is 0.470. The number of anilines is 2. The van der Waals surface area contributed by atoms with E-state index in [2.05, 4.69) is 43.9 Å². The predicted molar refractivity (Wildman–Crippen MR) is 134 cm³/mol. The van der Waals surface area contributed by atoms with Crippen molar-refractivity contribution in [2.75, 3.05) is 41.7 Å². The molecule has 4 rings (SSSR count). The Labute approximate surface area is 210 Å². The molecule has 12 heteroatoms. The molecular weight excluding hydrogens is 495 g/mol. The lowest BCUT2D eigenvalue weighted by molar-refractivity contribution is -0.105. The van der Waals surface area contributed by atoms with Crippen molar-refractivity contribution in [1.82, 2.24) is 9.97 Å². The van der Waals surface area contributed by atoms with Crippen molar-refractivity contribution in [2.24, 2.45) is 0 Å². The fourth-order valence-corrected chi connectivity index (χ4v) is 4.12. The summed E-state index contributed by atoms with van der Waals surface area (Å²) in [5.41, 5.74) is 4.14. The standard InChI is InChI=1S/C24H22F3N5OS.2H2O/c25-24(26,27)16-34-31-22-6-3-18(14-19(22)15-28)21-7-8-29-23(30-21)13-17-1-4-20(5-2-17)32-9-11-33-12-10-32;;/h1-8,14,31H,9-13,16H2;2*1H2. The van der Waals surface area contributed by atoms with Gasteiger partial charge in [-0.05, 0) is 47.8 Å². The van der Waals surface area contributed by atoms with Gasteiger partial charge < -0.3 is 25.3 Å². The molecule has 0 unspecified atom stereocenters. The number of hydrogen-bond acceptors (Lipinski definition) is 7. The normalized spacial score (nSPS) is 13.2. The molecule has 5 N–H and O–H groups in total. The summed E-state index contributed by atoms with van der Waals surface area (Å²) in [6, 6.07) is 17.0.